The van der Waals surface area contributed by atoms with Crippen molar-refractivity contribution in [3.63, 3.8) is 0 Å². The van der Waals surface area contributed by atoms with Gasteiger partial charge < -0.3 is 14.9 Å². The minimum atomic E-state index is -1.15. The van der Waals surface area contributed by atoms with Crippen LogP contribution in [0.2, 0.25) is 0 Å². The van der Waals surface area contributed by atoms with Crippen LogP contribution >= 0.6 is 0 Å². The van der Waals surface area contributed by atoms with E-state index in [0.717, 1.165) is 24.9 Å². The van der Waals surface area contributed by atoms with Gasteiger partial charge in [0, 0.05) is 19.1 Å². The molecule has 1 aliphatic heterocycles. The maximum atomic E-state index is 12.3. The van der Waals surface area contributed by atoms with Crippen LogP contribution in [0.15, 0.2) is 24.3 Å². The molecule has 2 atom stereocenters. The number of aliphatic carboxylic acids is 1. The zero-order chi connectivity index (χ0) is 17.9. The molecule has 138 valence electrons. The molecule has 1 aliphatic carbocycles. The summed E-state index contributed by atoms with van der Waals surface area (Å²) in [5, 5.41) is 20.7. The molecule has 2 aliphatic rings. The monoisotopic (exact) mass is 347 g/mol. The molecule has 2 fully saturated rings. The number of rotatable bonds is 5. The molecule has 25 heavy (non-hydrogen) atoms. The Morgan fingerprint density at radius 1 is 1.28 bits per heavy atom. The number of aliphatic hydroxyl groups is 1. The summed E-state index contributed by atoms with van der Waals surface area (Å²) in [6, 6.07) is 7.97. The minimum absolute atomic E-state index is 0.323. The Bertz CT molecular complexity index is 599. The van der Waals surface area contributed by atoms with Crippen LogP contribution in [0.5, 0.6) is 5.75 Å². The highest BCUT2D eigenvalue weighted by Crippen LogP contribution is 2.38. The van der Waals surface area contributed by atoms with Gasteiger partial charge in [-0.15, -0.1) is 0 Å². The SMILES string of the molecule is COc1cccc(C[C@@]2(C(=O)O)CN(C3CCCCC3)CC[C@@H]2O)c1. The topological polar surface area (TPSA) is 70.0 Å². The van der Waals surface area contributed by atoms with Crippen LogP contribution in [0.1, 0.15) is 44.1 Å². The molecule has 3 rings (SSSR count). The van der Waals surface area contributed by atoms with Gasteiger partial charge in [0.05, 0.1) is 13.2 Å². The summed E-state index contributed by atoms with van der Waals surface area (Å²) >= 11 is 0. The third-order valence-corrected chi connectivity index (χ3v) is 5.98. The predicted molar refractivity (Wildman–Crippen MR) is 95.8 cm³/mol. The molecule has 0 radical (unpaired) electrons. The third-order valence-electron chi connectivity index (χ3n) is 5.98. The fourth-order valence-corrected chi connectivity index (χ4v) is 4.48. The zero-order valence-corrected chi connectivity index (χ0v) is 15.0. The summed E-state index contributed by atoms with van der Waals surface area (Å²) in [6.45, 7) is 1.21. The lowest BCUT2D eigenvalue weighted by atomic mass is 9.72. The average molecular weight is 347 g/mol. The molecule has 0 amide bonds. The Labute approximate surface area is 149 Å². The Morgan fingerprint density at radius 3 is 2.72 bits per heavy atom. The molecule has 1 aromatic rings. The van der Waals surface area contributed by atoms with Crippen LogP contribution in [-0.4, -0.2) is 53.4 Å². The second kappa shape index (κ2) is 7.75. The van der Waals surface area contributed by atoms with E-state index in [1.807, 2.05) is 24.3 Å². The van der Waals surface area contributed by atoms with E-state index in [1.165, 1.54) is 19.3 Å². The van der Waals surface area contributed by atoms with Gasteiger partial charge in [0.15, 0.2) is 0 Å². The third kappa shape index (κ3) is 3.82. The highest BCUT2D eigenvalue weighted by Gasteiger charge is 2.50. The van der Waals surface area contributed by atoms with Crippen molar-refractivity contribution < 1.29 is 19.7 Å². The van der Waals surface area contributed by atoms with Gasteiger partial charge in [0.1, 0.15) is 11.2 Å². The summed E-state index contributed by atoms with van der Waals surface area (Å²) in [5.41, 5.74) is -0.256. The molecule has 1 aromatic carbocycles. The Kier molecular flexibility index (Phi) is 5.64. The molecule has 1 heterocycles. The molecule has 5 nitrogen and oxygen atoms in total. The van der Waals surface area contributed by atoms with E-state index in [1.54, 1.807) is 7.11 Å². The molecule has 1 saturated carbocycles. The Hall–Kier alpha value is -1.59. The first-order chi connectivity index (χ1) is 12.0. The van der Waals surface area contributed by atoms with Crippen LogP contribution in [0, 0.1) is 5.41 Å². The standard InChI is InChI=1S/C20H29NO4/c1-25-17-9-5-6-15(12-17)13-20(19(23)24)14-21(11-10-18(20)22)16-7-3-2-4-8-16/h5-6,9,12,16,18,22H,2-4,7-8,10-11,13-14H2,1H3,(H,23,24)/t18-,20+/m0/s1. The molecule has 2 N–H and O–H groups in total. The number of ether oxygens (including phenoxy) is 1. The number of nitrogens with zero attached hydrogens (tertiary/aromatic N) is 1. The first kappa shape index (κ1) is 18.2. The summed E-state index contributed by atoms with van der Waals surface area (Å²) in [7, 11) is 1.60. The van der Waals surface area contributed by atoms with Crippen LogP contribution < -0.4 is 4.74 Å². The normalized spacial score (nSPS) is 28.6. The van der Waals surface area contributed by atoms with Gasteiger partial charge in [-0.05, 0) is 43.4 Å². The first-order valence-electron chi connectivity index (χ1n) is 9.33. The fourth-order valence-electron chi connectivity index (χ4n) is 4.48. The predicted octanol–water partition coefficient (Wildman–Crippen LogP) is 2.71. The molecular weight excluding hydrogens is 318 g/mol. The second-order valence-corrected chi connectivity index (χ2v) is 7.56. The van der Waals surface area contributed by atoms with Crippen LogP contribution in [-0.2, 0) is 11.2 Å². The van der Waals surface area contributed by atoms with Crippen molar-refractivity contribution in [1.29, 1.82) is 0 Å². The van der Waals surface area contributed by atoms with Gasteiger partial charge in [-0.3, -0.25) is 9.69 Å². The van der Waals surface area contributed by atoms with E-state index >= 15 is 0 Å². The lowest BCUT2D eigenvalue weighted by Gasteiger charge is -2.47. The number of carbonyl (C=O) groups is 1. The minimum Gasteiger partial charge on any atom is -0.497 e. The first-order valence-corrected chi connectivity index (χ1v) is 9.33. The van der Waals surface area contributed by atoms with E-state index in [9.17, 15) is 15.0 Å². The van der Waals surface area contributed by atoms with Gasteiger partial charge in [0.2, 0.25) is 0 Å². The van der Waals surface area contributed by atoms with Crippen molar-refractivity contribution in [3.05, 3.63) is 29.8 Å². The summed E-state index contributed by atoms with van der Waals surface area (Å²) in [4.78, 5) is 14.6. The molecule has 0 bridgehead atoms. The highest BCUT2D eigenvalue weighted by molar-refractivity contribution is 5.76. The summed E-state index contributed by atoms with van der Waals surface area (Å²) < 4.78 is 5.26. The number of hydrogen-bond acceptors (Lipinski definition) is 4. The largest absolute Gasteiger partial charge is 0.497 e. The number of methoxy groups -OCH3 is 1. The maximum absolute atomic E-state index is 12.3. The zero-order valence-electron chi connectivity index (χ0n) is 15.0. The van der Waals surface area contributed by atoms with Gasteiger partial charge in [-0.1, -0.05) is 31.4 Å². The van der Waals surface area contributed by atoms with Crippen molar-refractivity contribution in [2.45, 2.75) is 57.1 Å². The van der Waals surface area contributed by atoms with Crippen LogP contribution in [0.25, 0.3) is 0 Å². The molecule has 0 aromatic heterocycles. The molecule has 1 saturated heterocycles. The van der Waals surface area contributed by atoms with E-state index < -0.39 is 17.5 Å². The van der Waals surface area contributed by atoms with Crippen molar-refractivity contribution in [1.82, 2.24) is 4.90 Å². The Balaban J connectivity index is 1.84. The lowest BCUT2D eigenvalue weighted by Crippen LogP contribution is -2.59. The van der Waals surface area contributed by atoms with E-state index in [-0.39, 0.29) is 0 Å². The quantitative estimate of drug-likeness (QED) is 0.857. The van der Waals surface area contributed by atoms with Crippen LogP contribution in [0.4, 0.5) is 0 Å². The van der Waals surface area contributed by atoms with E-state index in [2.05, 4.69) is 4.90 Å². The average Bonchev–Trinajstić information content (AvgIpc) is 2.64. The number of likely N-dealkylation sites (tertiary alicyclic amines) is 1. The number of carboxylic acids is 1. The highest BCUT2D eigenvalue weighted by atomic mass is 16.5. The van der Waals surface area contributed by atoms with Crippen molar-refractivity contribution >= 4 is 5.97 Å². The summed E-state index contributed by atoms with van der Waals surface area (Å²) in [5.74, 6) is -0.184. The number of piperidine rings is 1. The van der Waals surface area contributed by atoms with Gasteiger partial charge in [-0.2, -0.15) is 0 Å². The Morgan fingerprint density at radius 2 is 2.04 bits per heavy atom. The smallest absolute Gasteiger partial charge is 0.313 e. The second-order valence-electron chi connectivity index (χ2n) is 7.56. The van der Waals surface area contributed by atoms with Crippen molar-refractivity contribution in [2.75, 3.05) is 20.2 Å². The lowest BCUT2D eigenvalue weighted by molar-refractivity contribution is -0.164. The van der Waals surface area contributed by atoms with E-state index in [4.69, 9.17) is 4.74 Å². The van der Waals surface area contributed by atoms with Crippen molar-refractivity contribution in [3.8, 4) is 5.75 Å². The molecular formula is C20H29NO4. The maximum Gasteiger partial charge on any atom is 0.313 e. The number of hydrogen-bond donors (Lipinski definition) is 2. The molecule has 0 unspecified atom stereocenters. The van der Waals surface area contributed by atoms with Gasteiger partial charge in [0.25, 0.3) is 0 Å². The molecule has 0 spiro atoms. The summed E-state index contributed by atoms with van der Waals surface area (Å²) in [6.07, 6.45) is 6.03. The van der Waals surface area contributed by atoms with Gasteiger partial charge in [-0.25, -0.2) is 0 Å². The van der Waals surface area contributed by atoms with E-state index in [0.29, 0.717) is 31.2 Å². The molecule has 5 heteroatoms. The fraction of sp³-hybridized carbons (Fsp3) is 0.650. The van der Waals surface area contributed by atoms with Crippen LogP contribution in [0.3, 0.4) is 0 Å². The van der Waals surface area contributed by atoms with Crippen molar-refractivity contribution in [2.24, 2.45) is 5.41 Å². The number of carboxylic acid groups (broad SMARTS) is 1. The number of aliphatic hydroxyl groups excluding tert-OH is 1. The number of benzene rings is 1. The van der Waals surface area contributed by atoms with Gasteiger partial charge >= 0.3 is 5.97 Å².